The molecule has 1 saturated carbocycles. The van der Waals surface area contributed by atoms with Crippen LogP contribution in [0.2, 0.25) is 0 Å². The summed E-state index contributed by atoms with van der Waals surface area (Å²) in [7, 11) is 0. The van der Waals surface area contributed by atoms with E-state index in [1.165, 1.54) is 0 Å². The van der Waals surface area contributed by atoms with Crippen molar-refractivity contribution < 1.29 is 35.8 Å². The van der Waals surface area contributed by atoms with Crippen molar-refractivity contribution in [3.05, 3.63) is 36.3 Å². The second-order valence-electron chi connectivity index (χ2n) is 6.27. The van der Waals surface area contributed by atoms with Crippen LogP contribution in [-0.2, 0) is 10.8 Å². The minimum atomic E-state index is -4.65. The number of halogens is 6. The lowest BCUT2D eigenvalue weighted by molar-refractivity contribution is -0.261. The Balaban J connectivity index is 1.64. The first-order valence-corrected chi connectivity index (χ1v) is 8.25. The van der Waals surface area contributed by atoms with E-state index in [0.717, 1.165) is 29.1 Å². The molecule has 7 nitrogen and oxygen atoms in total. The molecular weight excluding hydrogens is 408 g/mol. The molecule has 0 spiro atoms. The van der Waals surface area contributed by atoms with Gasteiger partial charge in [-0.25, -0.2) is 9.37 Å². The Kier molecular flexibility index (Phi) is 4.56. The minimum absolute atomic E-state index is 0.00128. The Morgan fingerprint density at radius 2 is 1.83 bits per heavy atom. The molecular formula is C16H11F6N5O2. The molecule has 0 aromatic carbocycles. The topological polar surface area (TPSA) is 74.4 Å². The van der Waals surface area contributed by atoms with E-state index >= 15 is 0 Å². The Bertz CT molecular complexity index is 1050. The van der Waals surface area contributed by atoms with Crippen molar-refractivity contribution in [3.63, 3.8) is 0 Å². The second kappa shape index (κ2) is 6.83. The number of ether oxygens (including phenoxy) is 2. The summed E-state index contributed by atoms with van der Waals surface area (Å²) in [5, 5.41) is 7.04. The van der Waals surface area contributed by atoms with Gasteiger partial charge in [0.1, 0.15) is 0 Å². The van der Waals surface area contributed by atoms with Crippen LogP contribution in [0.1, 0.15) is 18.7 Å². The number of hydrogen-bond donors (Lipinski definition) is 0. The van der Waals surface area contributed by atoms with Gasteiger partial charge in [-0.3, -0.25) is 9.38 Å². The highest BCUT2D eigenvalue weighted by molar-refractivity contribution is 5.59. The van der Waals surface area contributed by atoms with Gasteiger partial charge in [-0.15, -0.1) is 10.2 Å². The van der Waals surface area contributed by atoms with E-state index in [-0.39, 0.29) is 16.9 Å². The summed E-state index contributed by atoms with van der Waals surface area (Å²) in [5.41, 5.74) is 0.0331. The van der Waals surface area contributed by atoms with Gasteiger partial charge in [-0.1, -0.05) is 0 Å². The fourth-order valence-electron chi connectivity index (χ4n) is 2.42. The molecule has 1 fully saturated rings. The number of aromatic nitrogens is 5. The lowest BCUT2D eigenvalue weighted by Crippen LogP contribution is -2.23. The third-order valence-corrected chi connectivity index (χ3v) is 3.87. The smallest absolute Gasteiger partial charge is 0.422 e. The van der Waals surface area contributed by atoms with Gasteiger partial charge in [0.05, 0.1) is 18.0 Å². The third-order valence-electron chi connectivity index (χ3n) is 3.87. The second-order valence-corrected chi connectivity index (χ2v) is 6.27. The predicted molar refractivity (Wildman–Crippen MR) is 83.5 cm³/mol. The monoisotopic (exact) mass is 419 g/mol. The van der Waals surface area contributed by atoms with Crippen molar-refractivity contribution in [1.82, 2.24) is 24.6 Å². The van der Waals surface area contributed by atoms with Crippen LogP contribution in [0.25, 0.3) is 16.9 Å². The maximum Gasteiger partial charge on any atom is 0.422 e. The number of rotatable bonds is 6. The summed E-state index contributed by atoms with van der Waals surface area (Å²) in [6.45, 7) is -1.71. The lowest BCUT2D eigenvalue weighted by atomic mass is 10.2. The Morgan fingerprint density at radius 3 is 2.48 bits per heavy atom. The largest absolute Gasteiger partial charge is 0.466 e. The molecule has 0 unspecified atom stereocenters. The van der Waals surface area contributed by atoms with Crippen LogP contribution >= 0.6 is 0 Å². The van der Waals surface area contributed by atoms with Crippen LogP contribution in [0.15, 0.2) is 24.7 Å². The summed E-state index contributed by atoms with van der Waals surface area (Å²) in [5.74, 6) is -2.79. The normalized spacial score (nSPS) is 15.1. The molecule has 29 heavy (non-hydrogen) atoms. The van der Waals surface area contributed by atoms with Gasteiger partial charge < -0.3 is 9.47 Å². The van der Waals surface area contributed by atoms with Gasteiger partial charge in [-0.05, 0) is 18.9 Å². The van der Waals surface area contributed by atoms with E-state index < -0.39 is 42.5 Å². The molecule has 3 heterocycles. The standard InChI is InChI=1S/C16H11F6N5O2/c17-10-3-8(4-24-13(10)28-7-15(18,19)20)11-6-27-12(5-23-11)25-26-14(27)16(21,22)29-9-1-2-9/h3-6,9H,1-2,7H2. The third kappa shape index (κ3) is 4.23. The summed E-state index contributed by atoms with van der Waals surface area (Å²) in [6.07, 6.45) is -4.60. The van der Waals surface area contributed by atoms with Crippen LogP contribution < -0.4 is 4.74 Å². The van der Waals surface area contributed by atoms with Crippen LogP contribution in [0.5, 0.6) is 5.88 Å². The van der Waals surface area contributed by atoms with Crippen molar-refractivity contribution in [2.75, 3.05) is 6.61 Å². The van der Waals surface area contributed by atoms with Crippen LogP contribution in [0.4, 0.5) is 26.3 Å². The number of fused-ring (bicyclic) bond motifs is 1. The molecule has 0 amide bonds. The highest BCUT2D eigenvalue weighted by Crippen LogP contribution is 2.37. The first kappa shape index (κ1) is 19.4. The van der Waals surface area contributed by atoms with Gasteiger partial charge in [0.2, 0.25) is 5.82 Å². The zero-order chi connectivity index (χ0) is 20.8. The lowest BCUT2D eigenvalue weighted by Gasteiger charge is -2.14. The average molecular weight is 419 g/mol. The molecule has 0 atom stereocenters. The molecule has 4 rings (SSSR count). The Labute approximate surface area is 158 Å². The highest BCUT2D eigenvalue weighted by atomic mass is 19.4. The quantitative estimate of drug-likeness (QED) is 0.570. The van der Waals surface area contributed by atoms with E-state index in [4.69, 9.17) is 0 Å². The van der Waals surface area contributed by atoms with Gasteiger partial charge >= 0.3 is 12.3 Å². The van der Waals surface area contributed by atoms with Crippen molar-refractivity contribution in [1.29, 1.82) is 0 Å². The van der Waals surface area contributed by atoms with E-state index in [0.29, 0.717) is 12.8 Å². The average Bonchev–Trinajstić information content (AvgIpc) is 3.32. The Hall–Kier alpha value is -2.96. The molecule has 1 aliphatic carbocycles. The molecule has 3 aromatic heterocycles. The fourth-order valence-corrected chi connectivity index (χ4v) is 2.42. The zero-order valence-electron chi connectivity index (χ0n) is 14.3. The van der Waals surface area contributed by atoms with Gasteiger partial charge in [-0.2, -0.15) is 22.0 Å². The molecule has 0 aliphatic heterocycles. The Morgan fingerprint density at radius 1 is 1.07 bits per heavy atom. The molecule has 3 aromatic rings. The molecule has 0 saturated heterocycles. The molecule has 0 N–H and O–H groups in total. The first-order chi connectivity index (χ1) is 13.6. The van der Waals surface area contributed by atoms with Gasteiger partial charge in [0.15, 0.2) is 18.1 Å². The van der Waals surface area contributed by atoms with Crippen molar-refractivity contribution in [2.45, 2.75) is 31.2 Å². The number of pyridine rings is 1. The van der Waals surface area contributed by atoms with E-state index in [1.54, 1.807) is 0 Å². The minimum Gasteiger partial charge on any atom is -0.466 e. The maximum absolute atomic E-state index is 14.3. The van der Waals surface area contributed by atoms with Gasteiger partial charge in [0, 0.05) is 18.0 Å². The van der Waals surface area contributed by atoms with Crippen molar-refractivity contribution >= 4 is 5.65 Å². The molecule has 0 bridgehead atoms. The van der Waals surface area contributed by atoms with E-state index in [1.807, 2.05) is 0 Å². The predicted octanol–water partition coefficient (Wildman–Crippen LogP) is 3.49. The number of nitrogens with zero attached hydrogens (tertiary/aromatic N) is 5. The van der Waals surface area contributed by atoms with Crippen molar-refractivity contribution in [2.24, 2.45) is 0 Å². The molecule has 13 heteroatoms. The van der Waals surface area contributed by atoms with Crippen LogP contribution in [0, 0.1) is 5.82 Å². The summed E-state index contributed by atoms with van der Waals surface area (Å²) in [6, 6.07) is 0.829. The summed E-state index contributed by atoms with van der Waals surface area (Å²) < 4.78 is 89.1. The van der Waals surface area contributed by atoms with Crippen LogP contribution in [0.3, 0.4) is 0 Å². The van der Waals surface area contributed by atoms with E-state index in [2.05, 4.69) is 29.6 Å². The first-order valence-electron chi connectivity index (χ1n) is 8.25. The van der Waals surface area contributed by atoms with E-state index in [9.17, 15) is 26.3 Å². The fraction of sp³-hybridized carbons (Fsp3) is 0.375. The number of hydrogen-bond acceptors (Lipinski definition) is 6. The van der Waals surface area contributed by atoms with Gasteiger partial charge in [0.25, 0.3) is 5.88 Å². The molecule has 0 radical (unpaired) electrons. The van der Waals surface area contributed by atoms with Crippen molar-refractivity contribution in [3.8, 4) is 17.1 Å². The SMILES string of the molecule is Fc1cc(-c2cn3c(C(F)(F)OC4CC4)nnc3cn2)cnc1OCC(F)(F)F. The molecule has 154 valence electrons. The number of alkyl halides is 5. The molecule has 1 aliphatic rings. The maximum atomic E-state index is 14.3. The summed E-state index contributed by atoms with van der Waals surface area (Å²) in [4.78, 5) is 7.46. The highest BCUT2D eigenvalue weighted by Gasteiger charge is 2.44. The summed E-state index contributed by atoms with van der Waals surface area (Å²) >= 11 is 0. The zero-order valence-corrected chi connectivity index (χ0v) is 14.3. The van der Waals surface area contributed by atoms with Crippen LogP contribution in [-0.4, -0.2) is 43.5 Å².